The SMILES string of the molecule is COc1ccc(C(=O)Nc2ccccn2)cc1-c1n[nH]c2nc(Nc3ccc(F)cc3F)ccc12. The van der Waals surface area contributed by atoms with Crippen LogP contribution in [0.3, 0.4) is 0 Å². The van der Waals surface area contributed by atoms with Gasteiger partial charge in [-0.25, -0.2) is 18.7 Å². The van der Waals surface area contributed by atoms with Crippen LogP contribution in [0, 0.1) is 11.6 Å². The molecular formula is C25H18F2N6O2. The van der Waals surface area contributed by atoms with Gasteiger partial charge in [0.2, 0.25) is 0 Å². The number of ether oxygens (including phenoxy) is 1. The van der Waals surface area contributed by atoms with Gasteiger partial charge in [0.1, 0.15) is 34.7 Å². The Balaban J connectivity index is 1.47. The number of carbonyl (C=O) groups is 1. The number of pyridine rings is 2. The summed E-state index contributed by atoms with van der Waals surface area (Å²) in [5.74, 6) is -0.445. The van der Waals surface area contributed by atoms with E-state index in [1.807, 2.05) is 0 Å². The van der Waals surface area contributed by atoms with E-state index in [9.17, 15) is 13.6 Å². The van der Waals surface area contributed by atoms with Crippen LogP contribution in [-0.2, 0) is 0 Å². The number of anilines is 3. The number of nitrogens with zero attached hydrogens (tertiary/aromatic N) is 3. The van der Waals surface area contributed by atoms with Gasteiger partial charge in [0.15, 0.2) is 5.65 Å². The molecule has 5 aromatic rings. The summed E-state index contributed by atoms with van der Waals surface area (Å²) < 4.78 is 32.7. The molecule has 3 heterocycles. The van der Waals surface area contributed by atoms with Crippen LogP contribution in [0.1, 0.15) is 10.4 Å². The van der Waals surface area contributed by atoms with Gasteiger partial charge >= 0.3 is 0 Å². The molecule has 0 unspecified atom stereocenters. The topological polar surface area (TPSA) is 105 Å². The Kier molecular flexibility index (Phi) is 5.76. The van der Waals surface area contributed by atoms with Crippen LogP contribution >= 0.6 is 0 Å². The van der Waals surface area contributed by atoms with E-state index in [1.165, 1.54) is 13.2 Å². The average molecular weight is 472 g/mol. The molecule has 10 heteroatoms. The molecule has 0 atom stereocenters. The number of nitrogens with one attached hydrogen (secondary N) is 3. The zero-order valence-electron chi connectivity index (χ0n) is 18.3. The largest absolute Gasteiger partial charge is 0.496 e. The molecule has 174 valence electrons. The highest BCUT2D eigenvalue weighted by Gasteiger charge is 2.18. The fourth-order valence-corrected chi connectivity index (χ4v) is 3.57. The maximum absolute atomic E-state index is 14.0. The molecule has 0 bridgehead atoms. The second-order valence-corrected chi connectivity index (χ2v) is 7.50. The molecule has 3 aromatic heterocycles. The maximum Gasteiger partial charge on any atom is 0.256 e. The maximum atomic E-state index is 14.0. The molecule has 8 nitrogen and oxygen atoms in total. The zero-order chi connectivity index (χ0) is 24.4. The summed E-state index contributed by atoms with van der Waals surface area (Å²) in [5, 5.41) is 13.5. The first-order valence-electron chi connectivity index (χ1n) is 10.5. The van der Waals surface area contributed by atoms with Gasteiger partial charge in [-0.3, -0.25) is 9.89 Å². The number of aromatic amines is 1. The molecule has 0 saturated carbocycles. The van der Waals surface area contributed by atoms with Crippen LogP contribution in [-0.4, -0.2) is 33.2 Å². The third kappa shape index (κ3) is 4.49. The Labute approximate surface area is 198 Å². The van der Waals surface area contributed by atoms with Crippen molar-refractivity contribution >= 4 is 34.3 Å². The minimum Gasteiger partial charge on any atom is -0.496 e. The van der Waals surface area contributed by atoms with Crippen molar-refractivity contribution in [3.63, 3.8) is 0 Å². The lowest BCUT2D eigenvalue weighted by molar-refractivity contribution is 0.102. The third-order valence-electron chi connectivity index (χ3n) is 5.24. The fourth-order valence-electron chi connectivity index (χ4n) is 3.57. The van der Waals surface area contributed by atoms with Crippen molar-refractivity contribution in [3.05, 3.63) is 90.1 Å². The van der Waals surface area contributed by atoms with Gasteiger partial charge in [-0.15, -0.1) is 0 Å². The van der Waals surface area contributed by atoms with Crippen molar-refractivity contribution in [3.8, 4) is 17.0 Å². The lowest BCUT2D eigenvalue weighted by Crippen LogP contribution is -2.13. The van der Waals surface area contributed by atoms with Crippen LogP contribution in [0.4, 0.5) is 26.1 Å². The number of hydrogen-bond donors (Lipinski definition) is 3. The number of benzene rings is 2. The molecule has 0 spiro atoms. The number of halogens is 2. The van der Waals surface area contributed by atoms with Gasteiger partial charge in [0, 0.05) is 28.8 Å². The van der Waals surface area contributed by atoms with E-state index < -0.39 is 11.6 Å². The van der Waals surface area contributed by atoms with Crippen molar-refractivity contribution < 1.29 is 18.3 Å². The minimum atomic E-state index is -0.734. The third-order valence-corrected chi connectivity index (χ3v) is 5.24. The van der Waals surface area contributed by atoms with Gasteiger partial charge < -0.3 is 15.4 Å². The normalized spacial score (nSPS) is 10.8. The van der Waals surface area contributed by atoms with E-state index in [2.05, 4.69) is 30.8 Å². The number of hydrogen-bond acceptors (Lipinski definition) is 6. The number of H-pyrrole nitrogens is 1. The molecule has 0 fully saturated rings. The van der Waals surface area contributed by atoms with Gasteiger partial charge in [0.05, 0.1) is 12.8 Å². The molecule has 0 aliphatic rings. The Morgan fingerprint density at radius 3 is 2.66 bits per heavy atom. The Morgan fingerprint density at radius 2 is 1.89 bits per heavy atom. The highest BCUT2D eigenvalue weighted by atomic mass is 19.1. The molecule has 5 rings (SSSR count). The van der Waals surface area contributed by atoms with Crippen LogP contribution in [0.2, 0.25) is 0 Å². The Hall–Kier alpha value is -4.86. The van der Waals surface area contributed by atoms with E-state index in [4.69, 9.17) is 4.74 Å². The summed E-state index contributed by atoms with van der Waals surface area (Å²) in [7, 11) is 1.53. The van der Waals surface area contributed by atoms with Gasteiger partial charge in [0.25, 0.3) is 5.91 Å². The van der Waals surface area contributed by atoms with E-state index in [0.29, 0.717) is 45.2 Å². The predicted molar refractivity (Wildman–Crippen MR) is 128 cm³/mol. The summed E-state index contributed by atoms with van der Waals surface area (Å²) >= 11 is 0. The summed E-state index contributed by atoms with van der Waals surface area (Å²) in [5.41, 5.74) is 2.01. The Bertz CT molecular complexity index is 1540. The standard InChI is InChI=1S/C25H18F2N6O2/c1-35-20-9-5-14(25(34)31-21-4-2-3-11-28-21)12-17(20)23-16-7-10-22(30-24(16)33-32-23)29-19-8-6-15(26)13-18(19)27/h2-13H,1H3,(H,28,31,34)(H2,29,30,32,33). The van der Waals surface area contributed by atoms with Crippen molar-refractivity contribution in [2.24, 2.45) is 0 Å². The van der Waals surface area contributed by atoms with Gasteiger partial charge in [-0.05, 0) is 54.6 Å². The summed E-state index contributed by atoms with van der Waals surface area (Å²) in [4.78, 5) is 21.3. The number of carbonyl (C=O) groups excluding carboxylic acids is 1. The predicted octanol–water partition coefficient (Wildman–Crippen LogP) is 5.30. The van der Waals surface area contributed by atoms with E-state index in [0.717, 1.165) is 12.1 Å². The second-order valence-electron chi connectivity index (χ2n) is 7.50. The molecule has 2 aromatic carbocycles. The fraction of sp³-hybridized carbons (Fsp3) is 0.0400. The van der Waals surface area contributed by atoms with E-state index >= 15 is 0 Å². The molecule has 0 radical (unpaired) electrons. The monoisotopic (exact) mass is 472 g/mol. The molecule has 1 amide bonds. The van der Waals surface area contributed by atoms with Crippen LogP contribution in [0.5, 0.6) is 5.75 Å². The zero-order valence-corrected chi connectivity index (χ0v) is 18.3. The average Bonchev–Trinajstić information content (AvgIpc) is 3.29. The summed E-state index contributed by atoms with van der Waals surface area (Å²) in [6.45, 7) is 0. The number of rotatable bonds is 6. The summed E-state index contributed by atoms with van der Waals surface area (Å²) in [6, 6.07) is 16.9. The highest BCUT2D eigenvalue weighted by Crippen LogP contribution is 2.34. The molecule has 35 heavy (non-hydrogen) atoms. The van der Waals surface area contributed by atoms with Crippen LogP contribution in [0.15, 0.2) is 72.9 Å². The number of amides is 1. The molecule has 3 N–H and O–H groups in total. The second kappa shape index (κ2) is 9.18. The van der Waals surface area contributed by atoms with Gasteiger partial charge in [-0.2, -0.15) is 5.10 Å². The molecule has 0 aliphatic heterocycles. The first-order chi connectivity index (χ1) is 17.0. The smallest absolute Gasteiger partial charge is 0.256 e. The Morgan fingerprint density at radius 1 is 1.00 bits per heavy atom. The summed E-state index contributed by atoms with van der Waals surface area (Å²) in [6.07, 6.45) is 1.59. The lowest BCUT2D eigenvalue weighted by atomic mass is 10.0. The first-order valence-corrected chi connectivity index (χ1v) is 10.5. The highest BCUT2D eigenvalue weighted by molar-refractivity contribution is 6.05. The van der Waals surface area contributed by atoms with Crippen LogP contribution < -0.4 is 15.4 Å². The van der Waals surface area contributed by atoms with E-state index in [-0.39, 0.29) is 11.6 Å². The lowest BCUT2D eigenvalue weighted by Gasteiger charge is -2.10. The molecule has 0 aliphatic carbocycles. The quantitative estimate of drug-likeness (QED) is 0.310. The molecular weight excluding hydrogens is 454 g/mol. The van der Waals surface area contributed by atoms with Gasteiger partial charge in [-0.1, -0.05) is 6.07 Å². The van der Waals surface area contributed by atoms with Crippen molar-refractivity contribution in [1.82, 2.24) is 20.2 Å². The number of methoxy groups -OCH3 is 1. The number of aromatic nitrogens is 4. The van der Waals surface area contributed by atoms with Crippen LogP contribution in [0.25, 0.3) is 22.3 Å². The first kappa shape index (κ1) is 22.0. The van der Waals surface area contributed by atoms with Crippen molar-refractivity contribution in [1.29, 1.82) is 0 Å². The molecule has 0 saturated heterocycles. The van der Waals surface area contributed by atoms with Crippen molar-refractivity contribution in [2.45, 2.75) is 0 Å². The minimum absolute atomic E-state index is 0.0891. The van der Waals surface area contributed by atoms with E-state index in [1.54, 1.807) is 54.7 Å². The number of fused-ring (bicyclic) bond motifs is 1. The van der Waals surface area contributed by atoms with Crippen molar-refractivity contribution in [2.75, 3.05) is 17.7 Å².